The Morgan fingerprint density at radius 1 is 1.10 bits per heavy atom. The fraction of sp³-hybridized carbons (Fsp3) is 0.214. The highest BCUT2D eigenvalue weighted by molar-refractivity contribution is 7.90. The predicted octanol–water partition coefficient (Wildman–Crippen LogP) is 4.73. The Labute approximate surface area is 277 Å². The molecule has 258 valence electrons. The lowest BCUT2D eigenvalue weighted by atomic mass is 9.97. The highest BCUT2D eigenvalue weighted by Crippen LogP contribution is 2.37. The van der Waals surface area contributed by atoms with E-state index < -0.39 is 83.2 Å². The Hall–Kier alpha value is -4.71. The number of halogens is 7. The molecule has 0 spiro atoms. The number of aromatic amines is 1. The van der Waals surface area contributed by atoms with Crippen molar-refractivity contribution in [1.29, 1.82) is 5.26 Å². The molecular formula is C28H18ClF6N5O7S2. The van der Waals surface area contributed by atoms with E-state index in [9.17, 15) is 58.0 Å². The monoisotopic (exact) mass is 749 g/mol. The third-order valence-corrected chi connectivity index (χ3v) is 10.6. The summed E-state index contributed by atoms with van der Waals surface area (Å²) in [6.45, 7) is 0. The molecule has 1 aliphatic rings. The molecule has 0 radical (unpaired) electrons. The maximum Gasteiger partial charge on any atom is 0.491 e. The molecule has 0 saturated carbocycles. The van der Waals surface area contributed by atoms with E-state index in [-0.39, 0.29) is 40.0 Å². The van der Waals surface area contributed by atoms with E-state index in [0.717, 1.165) is 30.3 Å². The SMILES string of the molecule is N#Cc1cc(C[C@H](NS(=O)(=O)c2ccc(Cl)c(C(F)(F)F)c2)c2nc3ccc(OC(=O)C(F)(F)F)cc3[nH]2)ccc1C1CC(=O)NS1(=O)=O. The van der Waals surface area contributed by atoms with Gasteiger partial charge >= 0.3 is 18.3 Å². The van der Waals surface area contributed by atoms with Crippen LogP contribution < -0.4 is 14.2 Å². The summed E-state index contributed by atoms with van der Waals surface area (Å²) in [4.78, 5) is 29.1. The van der Waals surface area contributed by atoms with Crippen LogP contribution in [0.5, 0.6) is 5.75 Å². The maximum atomic E-state index is 13.5. The minimum absolute atomic E-state index is 0.0211. The van der Waals surface area contributed by atoms with Crippen LogP contribution in [0.3, 0.4) is 0 Å². The smallest absolute Gasteiger partial charge is 0.420 e. The molecule has 1 aliphatic heterocycles. The van der Waals surface area contributed by atoms with E-state index in [4.69, 9.17) is 11.6 Å². The van der Waals surface area contributed by atoms with Gasteiger partial charge in [0.25, 0.3) is 0 Å². The minimum Gasteiger partial charge on any atom is -0.420 e. The van der Waals surface area contributed by atoms with E-state index in [0.29, 0.717) is 6.07 Å². The van der Waals surface area contributed by atoms with E-state index in [2.05, 4.69) is 19.4 Å². The summed E-state index contributed by atoms with van der Waals surface area (Å²) < 4.78 is 139. The van der Waals surface area contributed by atoms with Crippen LogP contribution >= 0.6 is 11.6 Å². The molecular weight excluding hydrogens is 732 g/mol. The minimum atomic E-state index is -5.31. The summed E-state index contributed by atoms with van der Waals surface area (Å²) in [6, 6.07) is 9.10. The number of esters is 1. The topological polar surface area (TPSA) is 188 Å². The van der Waals surface area contributed by atoms with Crippen LogP contribution in [-0.2, 0) is 42.2 Å². The number of aromatic nitrogens is 2. The van der Waals surface area contributed by atoms with Gasteiger partial charge in [-0.2, -0.15) is 31.6 Å². The molecule has 1 amide bonds. The van der Waals surface area contributed by atoms with Crippen LogP contribution in [-0.4, -0.2) is 44.9 Å². The van der Waals surface area contributed by atoms with Crippen LogP contribution in [0.25, 0.3) is 11.0 Å². The summed E-state index contributed by atoms with van der Waals surface area (Å²) in [5, 5.41) is 7.63. The Balaban J connectivity index is 1.55. The Bertz CT molecular complexity index is 2270. The third-order valence-electron chi connectivity index (χ3n) is 7.12. The average Bonchev–Trinajstić information content (AvgIpc) is 3.54. The zero-order valence-corrected chi connectivity index (χ0v) is 26.4. The van der Waals surface area contributed by atoms with Gasteiger partial charge in [-0.05, 0) is 53.9 Å². The number of nitriles is 1. The van der Waals surface area contributed by atoms with Gasteiger partial charge in [-0.25, -0.2) is 31.3 Å². The fourth-order valence-electron chi connectivity index (χ4n) is 4.91. The van der Waals surface area contributed by atoms with Gasteiger partial charge in [0, 0.05) is 6.07 Å². The molecule has 21 heteroatoms. The van der Waals surface area contributed by atoms with Gasteiger partial charge in [0.1, 0.15) is 16.8 Å². The van der Waals surface area contributed by atoms with Crippen LogP contribution in [0.4, 0.5) is 26.3 Å². The highest BCUT2D eigenvalue weighted by Gasteiger charge is 2.42. The summed E-state index contributed by atoms with van der Waals surface area (Å²) >= 11 is 5.64. The van der Waals surface area contributed by atoms with Crippen LogP contribution in [0.15, 0.2) is 59.5 Å². The van der Waals surface area contributed by atoms with E-state index >= 15 is 0 Å². The quantitative estimate of drug-likeness (QED) is 0.130. The molecule has 1 unspecified atom stereocenters. The largest absolute Gasteiger partial charge is 0.491 e. The number of hydrogen-bond donors (Lipinski definition) is 3. The van der Waals surface area contributed by atoms with Gasteiger partial charge in [0.15, 0.2) is 0 Å². The van der Waals surface area contributed by atoms with Gasteiger partial charge in [0.05, 0.1) is 50.6 Å². The number of nitrogens with one attached hydrogen (secondary N) is 3. The molecule has 5 rings (SSSR count). The summed E-state index contributed by atoms with van der Waals surface area (Å²) in [7, 11) is -8.96. The van der Waals surface area contributed by atoms with Crippen LogP contribution in [0, 0.1) is 11.3 Å². The molecule has 2 heterocycles. The lowest BCUT2D eigenvalue weighted by Crippen LogP contribution is -2.31. The molecule has 4 aromatic rings. The number of imidazole rings is 1. The first-order valence-corrected chi connectivity index (χ1v) is 16.8. The molecule has 3 aromatic carbocycles. The lowest BCUT2D eigenvalue weighted by Gasteiger charge is -2.19. The van der Waals surface area contributed by atoms with Gasteiger partial charge in [-0.15, -0.1) is 0 Å². The molecule has 1 fully saturated rings. The van der Waals surface area contributed by atoms with Crippen molar-refractivity contribution in [2.24, 2.45) is 0 Å². The standard InChI is InChI=1S/C28H18ClF6N5O7S2/c29-19-5-3-16(10-18(19)27(30,31)32)48(43,44)39-22(25-37-20-6-2-15(9-21(20)38-25)47-26(42)28(33,34)35)8-13-1-4-17(14(7-13)12-36)23-11-24(41)40-49(23,45)46/h1-7,9-10,22-23,39H,8,11H2,(H,37,38)(H,40,41)/t22-,23?/m0/s1. The molecule has 0 aliphatic carbocycles. The number of H-pyrrole nitrogens is 1. The zero-order valence-electron chi connectivity index (χ0n) is 24.0. The number of benzene rings is 3. The number of ether oxygens (including phenoxy) is 1. The number of carbonyl (C=O) groups excluding carboxylic acids is 2. The van der Waals surface area contributed by atoms with Gasteiger partial charge in [-0.3, -0.25) is 9.52 Å². The van der Waals surface area contributed by atoms with Crippen LogP contribution in [0.1, 0.15) is 45.8 Å². The van der Waals surface area contributed by atoms with Crippen molar-refractivity contribution < 1.29 is 57.5 Å². The van der Waals surface area contributed by atoms with Gasteiger partial charge in [-0.1, -0.05) is 23.7 Å². The second-order valence-corrected chi connectivity index (χ2v) is 14.5. The molecule has 0 bridgehead atoms. The number of rotatable bonds is 8. The number of sulfonamides is 2. The van der Waals surface area contributed by atoms with Crippen molar-refractivity contribution in [3.8, 4) is 11.8 Å². The van der Waals surface area contributed by atoms with Crippen molar-refractivity contribution >= 4 is 54.6 Å². The Morgan fingerprint density at radius 3 is 2.43 bits per heavy atom. The molecule has 1 aromatic heterocycles. The Kier molecular flexibility index (Phi) is 9.18. The molecule has 2 atom stereocenters. The van der Waals surface area contributed by atoms with Crippen molar-refractivity contribution in [2.45, 2.75) is 41.4 Å². The van der Waals surface area contributed by atoms with Crippen molar-refractivity contribution in [1.82, 2.24) is 19.4 Å². The molecule has 12 nitrogen and oxygen atoms in total. The first-order chi connectivity index (χ1) is 22.7. The van der Waals surface area contributed by atoms with Crippen LogP contribution in [0.2, 0.25) is 5.02 Å². The number of amides is 1. The van der Waals surface area contributed by atoms with Gasteiger partial charge < -0.3 is 9.72 Å². The van der Waals surface area contributed by atoms with Gasteiger partial charge in [0.2, 0.25) is 26.0 Å². The van der Waals surface area contributed by atoms with Crippen molar-refractivity contribution in [3.05, 3.63) is 87.7 Å². The first-order valence-electron chi connectivity index (χ1n) is 13.4. The summed E-state index contributed by atoms with van der Waals surface area (Å²) in [5.41, 5.74) is -1.44. The van der Waals surface area contributed by atoms with Crippen molar-refractivity contribution in [2.75, 3.05) is 0 Å². The lowest BCUT2D eigenvalue weighted by molar-refractivity contribution is -0.189. The number of hydrogen-bond acceptors (Lipinski definition) is 9. The number of carbonyl (C=O) groups is 2. The first kappa shape index (κ1) is 35.6. The van der Waals surface area contributed by atoms with Crippen molar-refractivity contribution in [3.63, 3.8) is 0 Å². The summed E-state index contributed by atoms with van der Waals surface area (Å²) in [6.07, 6.45) is -11.2. The van der Waals surface area contributed by atoms with E-state index in [1.807, 2.05) is 10.8 Å². The van der Waals surface area contributed by atoms with E-state index in [1.165, 1.54) is 18.2 Å². The number of alkyl halides is 6. The maximum absolute atomic E-state index is 13.5. The zero-order chi connectivity index (χ0) is 36.1. The highest BCUT2D eigenvalue weighted by atomic mass is 35.5. The van der Waals surface area contributed by atoms with E-state index in [1.54, 1.807) is 0 Å². The Morgan fingerprint density at radius 2 is 1.82 bits per heavy atom. The molecule has 3 N–H and O–H groups in total. The third kappa shape index (κ3) is 7.64. The summed E-state index contributed by atoms with van der Waals surface area (Å²) in [5.74, 6) is -4.06. The molecule has 1 saturated heterocycles. The second-order valence-electron chi connectivity index (χ2n) is 10.5. The number of fused-ring (bicyclic) bond motifs is 1. The number of nitrogens with zero attached hydrogens (tertiary/aromatic N) is 2. The second kappa shape index (κ2) is 12.6. The fourth-order valence-corrected chi connectivity index (χ4v) is 7.81. The average molecular weight is 750 g/mol. The molecule has 49 heavy (non-hydrogen) atoms. The predicted molar refractivity (Wildman–Crippen MR) is 157 cm³/mol. The normalized spacial score (nSPS) is 17.0.